The monoisotopic (exact) mass is 372 g/mol. The summed E-state index contributed by atoms with van der Waals surface area (Å²) in [6.45, 7) is 6.63. The van der Waals surface area contributed by atoms with Gasteiger partial charge in [0.05, 0.1) is 5.75 Å². The molecule has 1 aromatic heterocycles. The molecule has 1 saturated heterocycles. The molecule has 1 N–H and O–H groups in total. The number of carbonyl (C=O) groups is 2. The first-order valence-corrected chi connectivity index (χ1v) is 9.87. The van der Waals surface area contributed by atoms with Crippen molar-refractivity contribution in [3.05, 3.63) is 5.51 Å². The van der Waals surface area contributed by atoms with E-state index >= 15 is 0 Å². The third kappa shape index (κ3) is 6.27. The molecule has 0 saturated carbocycles. The topological polar surface area (TPSA) is 84.4 Å². The number of hydrogen-bond donors (Lipinski definition) is 1. The molecule has 2 rings (SSSR count). The molecule has 1 aliphatic heterocycles. The lowest BCUT2D eigenvalue weighted by atomic mass is 10.0. The number of carbonyl (C=O) groups excluding carboxylic acids is 2. The minimum absolute atomic E-state index is 0.0220. The second kappa shape index (κ2) is 8.66. The number of ether oxygens (including phenoxy) is 1. The summed E-state index contributed by atoms with van der Waals surface area (Å²) >= 11 is 2.83. The number of likely N-dealkylation sites (tertiary alicyclic amines) is 1. The van der Waals surface area contributed by atoms with Crippen LogP contribution in [0.5, 0.6) is 0 Å². The van der Waals surface area contributed by atoms with Crippen LogP contribution in [0.15, 0.2) is 9.85 Å². The number of rotatable bonds is 5. The molecule has 0 aromatic carbocycles. The highest BCUT2D eigenvalue weighted by atomic mass is 32.2. The van der Waals surface area contributed by atoms with Crippen LogP contribution in [0, 0.1) is 0 Å². The molecule has 0 spiro atoms. The van der Waals surface area contributed by atoms with Gasteiger partial charge in [0.1, 0.15) is 11.1 Å². The van der Waals surface area contributed by atoms with Gasteiger partial charge in [0.25, 0.3) is 0 Å². The van der Waals surface area contributed by atoms with Gasteiger partial charge in [0, 0.05) is 19.1 Å². The van der Waals surface area contributed by atoms with Crippen LogP contribution in [0.3, 0.4) is 0 Å². The van der Waals surface area contributed by atoms with E-state index in [1.807, 2.05) is 25.7 Å². The van der Waals surface area contributed by atoms with Gasteiger partial charge in [-0.25, -0.2) is 4.79 Å². The molecule has 0 bridgehead atoms. The fraction of sp³-hybridized carbons (Fsp3) is 0.733. The quantitative estimate of drug-likeness (QED) is 0.800. The normalized spacial score (nSPS) is 18.3. The van der Waals surface area contributed by atoms with E-state index in [-0.39, 0.29) is 11.9 Å². The summed E-state index contributed by atoms with van der Waals surface area (Å²) < 4.78 is 6.04. The average Bonchev–Trinajstić information content (AvgIpc) is 3.02. The van der Waals surface area contributed by atoms with Gasteiger partial charge in [0.15, 0.2) is 4.34 Å². The molecular weight excluding hydrogens is 348 g/mol. The number of alkyl carbamates (subject to hydrolysis) is 1. The van der Waals surface area contributed by atoms with Crippen LogP contribution in [-0.4, -0.2) is 57.6 Å². The zero-order chi connectivity index (χ0) is 17.6. The summed E-state index contributed by atoms with van der Waals surface area (Å²) in [5.74, 6) is 0.420. The smallest absolute Gasteiger partial charge is 0.407 e. The molecule has 9 heteroatoms. The lowest BCUT2D eigenvalue weighted by Gasteiger charge is -2.36. The first-order chi connectivity index (χ1) is 11.3. The van der Waals surface area contributed by atoms with Crippen molar-refractivity contribution in [2.45, 2.75) is 56.0 Å². The van der Waals surface area contributed by atoms with Crippen LogP contribution < -0.4 is 5.32 Å². The predicted octanol–water partition coefficient (Wildman–Crippen LogP) is 2.54. The summed E-state index contributed by atoms with van der Waals surface area (Å²) in [4.78, 5) is 26.2. The maximum absolute atomic E-state index is 12.5. The van der Waals surface area contributed by atoms with Crippen LogP contribution in [-0.2, 0) is 9.53 Å². The molecule has 134 valence electrons. The van der Waals surface area contributed by atoms with Gasteiger partial charge in [-0.3, -0.25) is 4.79 Å². The number of thioether (sulfide) groups is 1. The number of piperidine rings is 1. The van der Waals surface area contributed by atoms with Crippen molar-refractivity contribution in [2.24, 2.45) is 0 Å². The van der Waals surface area contributed by atoms with E-state index in [0.717, 1.165) is 30.1 Å². The predicted molar refractivity (Wildman–Crippen MR) is 94.2 cm³/mol. The average molecular weight is 373 g/mol. The fourth-order valence-electron chi connectivity index (χ4n) is 2.49. The number of amides is 2. The summed E-state index contributed by atoms with van der Waals surface area (Å²) in [5, 5.41) is 10.5. The summed E-state index contributed by atoms with van der Waals surface area (Å²) in [5.41, 5.74) is 1.13. The third-order valence-electron chi connectivity index (χ3n) is 3.49. The van der Waals surface area contributed by atoms with Gasteiger partial charge < -0.3 is 15.0 Å². The van der Waals surface area contributed by atoms with E-state index in [2.05, 4.69) is 15.5 Å². The van der Waals surface area contributed by atoms with Gasteiger partial charge in [0.2, 0.25) is 5.91 Å². The highest BCUT2D eigenvalue weighted by Gasteiger charge is 2.27. The zero-order valence-corrected chi connectivity index (χ0v) is 15.9. The first kappa shape index (κ1) is 19.0. The van der Waals surface area contributed by atoms with Crippen molar-refractivity contribution >= 4 is 35.1 Å². The zero-order valence-electron chi connectivity index (χ0n) is 14.3. The van der Waals surface area contributed by atoms with E-state index in [9.17, 15) is 9.59 Å². The Morgan fingerprint density at radius 3 is 2.92 bits per heavy atom. The number of hydrogen-bond acceptors (Lipinski definition) is 7. The lowest BCUT2D eigenvalue weighted by Crippen LogP contribution is -2.50. The van der Waals surface area contributed by atoms with Crippen LogP contribution in [0.25, 0.3) is 0 Å². The van der Waals surface area contributed by atoms with E-state index in [1.165, 1.54) is 23.1 Å². The molecular formula is C15H24N4O3S2. The van der Waals surface area contributed by atoms with Crippen LogP contribution >= 0.6 is 23.1 Å². The highest BCUT2D eigenvalue weighted by molar-refractivity contribution is 8.01. The molecule has 1 fully saturated rings. The van der Waals surface area contributed by atoms with E-state index < -0.39 is 11.7 Å². The standard InChI is InChI=1S/C15H24N4O3S2/c1-15(2,3)22-13(21)16-8-11-6-4-5-7-19(11)12(20)9-23-14-18-17-10-24-14/h10-11H,4-9H2,1-3H3,(H,16,21). The Morgan fingerprint density at radius 2 is 2.25 bits per heavy atom. The maximum Gasteiger partial charge on any atom is 0.407 e. The molecule has 1 atom stereocenters. The van der Waals surface area contributed by atoms with Gasteiger partial charge in [-0.05, 0) is 40.0 Å². The van der Waals surface area contributed by atoms with Crippen LogP contribution in [0.1, 0.15) is 40.0 Å². The minimum atomic E-state index is -0.523. The molecule has 1 aromatic rings. The largest absolute Gasteiger partial charge is 0.444 e. The van der Waals surface area contributed by atoms with Crippen molar-refractivity contribution in [1.82, 2.24) is 20.4 Å². The summed E-state index contributed by atoms with van der Waals surface area (Å²) in [7, 11) is 0. The molecule has 0 aliphatic carbocycles. The van der Waals surface area contributed by atoms with E-state index in [1.54, 1.807) is 5.51 Å². The lowest BCUT2D eigenvalue weighted by molar-refractivity contribution is -0.131. The molecule has 24 heavy (non-hydrogen) atoms. The first-order valence-electron chi connectivity index (χ1n) is 8.00. The van der Waals surface area contributed by atoms with Gasteiger partial charge in [-0.2, -0.15) is 0 Å². The Labute approximate surface area is 150 Å². The minimum Gasteiger partial charge on any atom is -0.444 e. The van der Waals surface area contributed by atoms with Crippen LogP contribution in [0.4, 0.5) is 4.79 Å². The molecule has 2 amide bonds. The van der Waals surface area contributed by atoms with Crippen molar-refractivity contribution in [1.29, 1.82) is 0 Å². The Morgan fingerprint density at radius 1 is 1.46 bits per heavy atom. The second-order valence-electron chi connectivity index (χ2n) is 6.61. The van der Waals surface area contributed by atoms with E-state index in [0.29, 0.717) is 12.3 Å². The van der Waals surface area contributed by atoms with Gasteiger partial charge >= 0.3 is 6.09 Å². The second-order valence-corrected chi connectivity index (χ2v) is 8.67. The van der Waals surface area contributed by atoms with Gasteiger partial charge in [-0.1, -0.05) is 23.1 Å². The van der Waals surface area contributed by atoms with Crippen molar-refractivity contribution in [2.75, 3.05) is 18.8 Å². The van der Waals surface area contributed by atoms with Crippen molar-refractivity contribution in [3.63, 3.8) is 0 Å². The molecule has 7 nitrogen and oxygen atoms in total. The van der Waals surface area contributed by atoms with E-state index in [4.69, 9.17) is 4.74 Å². The molecule has 1 aliphatic rings. The van der Waals surface area contributed by atoms with Gasteiger partial charge in [-0.15, -0.1) is 10.2 Å². The Bertz CT molecular complexity index is 545. The molecule has 1 unspecified atom stereocenters. The fourth-order valence-corrected chi connectivity index (χ4v) is 3.86. The number of aromatic nitrogens is 2. The number of nitrogens with one attached hydrogen (secondary N) is 1. The Balaban J connectivity index is 1.83. The summed E-state index contributed by atoms with van der Waals surface area (Å²) in [6, 6.07) is 0.0220. The van der Waals surface area contributed by atoms with Crippen LogP contribution in [0.2, 0.25) is 0 Å². The Hall–Kier alpha value is -1.35. The van der Waals surface area contributed by atoms with Crippen molar-refractivity contribution < 1.29 is 14.3 Å². The third-order valence-corrected chi connectivity index (χ3v) is 5.33. The maximum atomic E-state index is 12.5. The van der Waals surface area contributed by atoms with Crippen molar-refractivity contribution in [3.8, 4) is 0 Å². The SMILES string of the molecule is CC(C)(C)OC(=O)NCC1CCCCN1C(=O)CSc1nncs1. The molecule has 0 radical (unpaired) electrons. The number of nitrogens with zero attached hydrogens (tertiary/aromatic N) is 3. The highest BCUT2D eigenvalue weighted by Crippen LogP contribution is 2.22. The summed E-state index contributed by atoms with van der Waals surface area (Å²) in [6.07, 6.45) is 2.51. The Kier molecular flexibility index (Phi) is 6.85. The molecule has 2 heterocycles.